The molecule has 0 aromatic carbocycles. The molecule has 0 radical (unpaired) electrons. The molecule has 134 valence electrons. The van der Waals surface area contributed by atoms with Crippen LogP contribution in [-0.4, -0.2) is 25.0 Å². The van der Waals surface area contributed by atoms with Crippen molar-refractivity contribution in [3.63, 3.8) is 0 Å². The van der Waals surface area contributed by atoms with Gasteiger partial charge in [-0.05, 0) is 55.7 Å². The molecule has 0 aromatic heterocycles. The van der Waals surface area contributed by atoms with E-state index in [2.05, 4.69) is 4.74 Å². The van der Waals surface area contributed by atoms with Crippen LogP contribution >= 0.6 is 0 Å². The zero-order valence-electron chi connectivity index (χ0n) is 14.9. The third-order valence-electron chi connectivity index (χ3n) is 4.78. The highest BCUT2D eigenvalue weighted by atomic mass is 19.1. The average molecular weight is 339 g/mol. The first kappa shape index (κ1) is 20.3. The van der Waals surface area contributed by atoms with Crippen LogP contribution in [-0.2, 0) is 9.53 Å². The number of methoxy groups -OCH3 is 1. The third-order valence-corrected chi connectivity index (χ3v) is 4.78. The van der Waals surface area contributed by atoms with E-state index in [-0.39, 0.29) is 30.5 Å². The van der Waals surface area contributed by atoms with Crippen molar-refractivity contribution in [1.29, 1.82) is 5.41 Å². The second-order valence-corrected chi connectivity index (χ2v) is 6.44. The molecule has 0 amide bonds. The molecule has 0 spiro atoms. The molecule has 0 aromatic rings. The first-order chi connectivity index (χ1) is 11.3. The van der Waals surface area contributed by atoms with Crippen molar-refractivity contribution >= 4 is 12.2 Å². The normalized spacial score (nSPS) is 26.6. The number of carbonyl (C=O) groups excluding carboxylic acids is 1. The summed E-state index contributed by atoms with van der Waals surface area (Å²) < 4.78 is 33.2. The summed E-state index contributed by atoms with van der Waals surface area (Å²) in [6.07, 6.45) is 6.90. The lowest BCUT2D eigenvalue weighted by atomic mass is 9.73. The molecule has 5 heteroatoms. The Morgan fingerprint density at radius 2 is 2.25 bits per heavy atom. The van der Waals surface area contributed by atoms with Gasteiger partial charge < -0.3 is 10.1 Å². The predicted molar refractivity (Wildman–Crippen MR) is 92.5 cm³/mol. The van der Waals surface area contributed by atoms with Crippen LogP contribution < -0.4 is 0 Å². The maximum atomic E-state index is 15.0. The summed E-state index contributed by atoms with van der Waals surface area (Å²) in [5.74, 6) is -1.15. The number of carbonyl (C=O) groups is 1. The van der Waals surface area contributed by atoms with E-state index in [1.165, 1.54) is 13.2 Å². The molecule has 0 fully saturated rings. The van der Waals surface area contributed by atoms with Gasteiger partial charge in [0.2, 0.25) is 0 Å². The van der Waals surface area contributed by atoms with Crippen LogP contribution in [0.25, 0.3) is 0 Å². The molecular formula is C19H27F2NO2. The highest BCUT2D eigenvalue weighted by Gasteiger charge is 2.41. The van der Waals surface area contributed by atoms with Crippen LogP contribution in [0.3, 0.4) is 0 Å². The summed E-state index contributed by atoms with van der Waals surface area (Å²) in [5.41, 5.74) is -0.348. The second kappa shape index (κ2) is 8.90. The van der Waals surface area contributed by atoms with E-state index in [9.17, 15) is 9.18 Å². The van der Waals surface area contributed by atoms with Gasteiger partial charge in [-0.3, -0.25) is 0 Å². The smallest absolute Gasteiger partial charge is 0.333 e. The van der Waals surface area contributed by atoms with Crippen molar-refractivity contribution in [3.05, 3.63) is 35.2 Å². The summed E-state index contributed by atoms with van der Waals surface area (Å²) in [7, 11) is 1.31. The number of alkyl halides is 1. The minimum atomic E-state index is -1.54. The first-order valence-corrected chi connectivity index (χ1v) is 8.28. The second-order valence-electron chi connectivity index (χ2n) is 6.44. The largest absolute Gasteiger partial charge is 0.466 e. The number of halogens is 2. The van der Waals surface area contributed by atoms with Gasteiger partial charge in [0, 0.05) is 18.2 Å². The molecule has 0 saturated carbocycles. The van der Waals surface area contributed by atoms with E-state index in [4.69, 9.17) is 5.41 Å². The first-order valence-electron chi connectivity index (χ1n) is 8.28. The molecule has 0 aliphatic heterocycles. The number of ether oxygens (including phenoxy) is 1. The van der Waals surface area contributed by atoms with Crippen molar-refractivity contribution in [2.75, 3.05) is 7.11 Å². The Labute approximate surface area is 143 Å². The van der Waals surface area contributed by atoms with Gasteiger partial charge >= 0.3 is 5.97 Å². The van der Waals surface area contributed by atoms with E-state index < -0.39 is 11.6 Å². The van der Waals surface area contributed by atoms with E-state index in [0.717, 1.165) is 11.8 Å². The van der Waals surface area contributed by atoms with Gasteiger partial charge in [-0.15, -0.1) is 0 Å². The minimum absolute atomic E-state index is 0.0626. The fraction of sp³-hybridized carbons (Fsp3) is 0.579. The van der Waals surface area contributed by atoms with Crippen LogP contribution in [0.2, 0.25) is 0 Å². The van der Waals surface area contributed by atoms with Crippen LogP contribution in [0, 0.1) is 17.2 Å². The Morgan fingerprint density at radius 1 is 1.58 bits per heavy atom. The van der Waals surface area contributed by atoms with Crippen LogP contribution in [0.5, 0.6) is 0 Å². The summed E-state index contributed by atoms with van der Waals surface area (Å²) in [5, 5.41) is 7.30. The van der Waals surface area contributed by atoms with Crippen molar-refractivity contribution in [2.45, 2.75) is 52.1 Å². The number of allylic oxidation sites excluding steroid dienone is 5. The Morgan fingerprint density at radius 3 is 2.79 bits per heavy atom. The molecule has 1 N–H and O–H groups in total. The SMILES string of the molecule is CCC1(F)CC(F)=CCC1CC(C)C(=C/C=N)/C=C(\C)C(=O)OC. The summed E-state index contributed by atoms with van der Waals surface area (Å²) >= 11 is 0. The molecule has 3 atom stereocenters. The zero-order chi connectivity index (χ0) is 18.3. The summed E-state index contributed by atoms with van der Waals surface area (Å²) in [6.45, 7) is 5.31. The van der Waals surface area contributed by atoms with E-state index in [1.807, 2.05) is 6.92 Å². The fourth-order valence-electron chi connectivity index (χ4n) is 3.18. The highest BCUT2D eigenvalue weighted by Crippen LogP contribution is 2.43. The Balaban J connectivity index is 2.97. The molecule has 3 nitrogen and oxygen atoms in total. The molecular weight excluding hydrogens is 312 g/mol. The van der Waals surface area contributed by atoms with Crippen molar-refractivity contribution < 1.29 is 18.3 Å². The predicted octanol–water partition coefficient (Wildman–Crippen LogP) is 5.09. The van der Waals surface area contributed by atoms with Crippen LogP contribution in [0.15, 0.2) is 35.2 Å². The average Bonchev–Trinajstić information content (AvgIpc) is 2.55. The molecule has 1 rings (SSSR count). The molecule has 1 aliphatic carbocycles. The van der Waals surface area contributed by atoms with Crippen molar-refractivity contribution in [1.82, 2.24) is 0 Å². The Bertz CT molecular complexity index is 566. The molecule has 0 bridgehead atoms. The number of nitrogens with one attached hydrogen (secondary N) is 1. The molecule has 3 unspecified atom stereocenters. The van der Waals surface area contributed by atoms with E-state index >= 15 is 4.39 Å². The van der Waals surface area contributed by atoms with Gasteiger partial charge in [0.1, 0.15) is 5.67 Å². The minimum Gasteiger partial charge on any atom is -0.466 e. The lowest BCUT2D eigenvalue weighted by Crippen LogP contribution is -2.36. The number of esters is 1. The van der Waals surface area contributed by atoms with Crippen molar-refractivity contribution in [3.8, 4) is 0 Å². The summed E-state index contributed by atoms with van der Waals surface area (Å²) in [6, 6.07) is 0. The van der Waals surface area contributed by atoms with Crippen LogP contribution in [0.4, 0.5) is 8.78 Å². The van der Waals surface area contributed by atoms with Gasteiger partial charge in [0.15, 0.2) is 0 Å². The number of rotatable bonds is 7. The quantitative estimate of drug-likeness (QED) is 0.304. The van der Waals surface area contributed by atoms with Crippen LogP contribution in [0.1, 0.15) is 46.5 Å². The number of hydrogen-bond donors (Lipinski definition) is 1. The Kier molecular flexibility index (Phi) is 7.52. The van der Waals surface area contributed by atoms with Gasteiger partial charge in [-0.2, -0.15) is 0 Å². The molecule has 0 saturated heterocycles. The summed E-state index contributed by atoms with van der Waals surface area (Å²) in [4.78, 5) is 11.6. The molecule has 24 heavy (non-hydrogen) atoms. The van der Waals surface area contributed by atoms with Crippen molar-refractivity contribution in [2.24, 2.45) is 11.8 Å². The van der Waals surface area contributed by atoms with Gasteiger partial charge in [0.05, 0.1) is 12.9 Å². The van der Waals surface area contributed by atoms with Gasteiger partial charge in [-0.1, -0.05) is 19.9 Å². The maximum Gasteiger partial charge on any atom is 0.333 e. The lowest BCUT2D eigenvalue weighted by Gasteiger charge is -2.36. The highest BCUT2D eigenvalue weighted by molar-refractivity contribution is 5.88. The monoisotopic (exact) mass is 339 g/mol. The lowest BCUT2D eigenvalue weighted by molar-refractivity contribution is -0.136. The van der Waals surface area contributed by atoms with Gasteiger partial charge in [0.25, 0.3) is 0 Å². The zero-order valence-corrected chi connectivity index (χ0v) is 14.9. The molecule has 0 heterocycles. The van der Waals surface area contributed by atoms with Gasteiger partial charge in [-0.25, -0.2) is 13.6 Å². The number of hydrogen-bond acceptors (Lipinski definition) is 3. The standard InChI is InChI=1S/C19H27F2NO2/c1-5-19(21)12-17(20)7-6-16(19)11-13(2)15(8-9-22)10-14(3)18(23)24-4/h7-10,13,16,22H,5-6,11-12H2,1-4H3/b14-10+,15-8+,22-9?. The molecule has 1 aliphatic rings. The van der Waals surface area contributed by atoms with E-state index in [0.29, 0.717) is 18.4 Å². The Hall–Kier alpha value is -1.78. The maximum absolute atomic E-state index is 15.0. The van der Waals surface area contributed by atoms with E-state index in [1.54, 1.807) is 26.0 Å². The third kappa shape index (κ3) is 5.11. The fourth-order valence-corrected chi connectivity index (χ4v) is 3.18. The topological polar surface area (TPSA) is 50.2 Å².